The minimum atomic E-state index is 0.964. The lowest BCUT2D eigenvalue weighted by molar-refractivity contribution is 0.724. The first-order valence-corrected chi connectivity index (χ1v) is 11.0. The number of aromatic nitrogens is 1. The average molecular weight is 403 g/mol. The van der Waals surface area contributed by atoms with Crippen molar-refractivity contribution in [2.75, 3.05) is 0 Å². The number of para-hydroxylation sites is 2. The SMILES string of the molecule is CCCn1c2ccccc2c2cc(C(=Nc3ccccc3)c3ccc(C)cc3)ccc21. The number of nitrogens with zero attached hydrogens (tertiary/aromatic N) is 2. The van der Waals surface area contributed by atoms with Crippen LogP contribution in [0.15, 0.2) is 102 Å². The summed E-state index contributed by atoms with van der Waals surface area (Å²) in [6.07, 6.45) is 1.11. The van der Waals surface area contributed by atoms with E-state index in [-0.39, 0.29) is 0 Å². The molecule has 4 aromatic carbocycles. The van der Waals surface area contributed by atoms with Gasteiger partial charge in [0.25, 0.3) is 0 Å². The third kappa shape index (κ3) is 3.66. The summed E-state index contributed by atoms with van der Waals surface area (Å²) in [6, 6.07) is 34.4. The summed E-state index contributed by atoms with van der Waals surface area (Å²) in [7, 11) is 0. The highest BCUT2D eigenvalue weighted by molar-refractivity contribution is 6.17. The van der Waals surface area contributed by atoms with Crippen LogP contribution < -0.4 is 0 Å². The Labute approximate surface area is 183 Å². The molecule has 5 aromatic rings. The Bertz CT molecular complexity index is 1370. The first kappa shape index (κ1) is 19.3. The first-order chi connectivity index (χ1) is 15.2. The lowest BCUT2D eigenvalue weighted by atomic mass is 9.99. The highest BCUT2D eigenvalue weighted by atomic mass is 15.0. The maximum Gasteiger partial charge on any atom is 0.0781 e. The van der Waals surface area contributed by atoms with Gasteiger partial charge in [-0.2, -0.15) is 0 Å². The Kier molecular flexibility index (Phi) is 5.13. The van der Waals surface area contributed by atoms with E-state index in [0.717, 1.165) is 35.5 Å². The van der Waals surface area contributed by atoms with Crippen LogP contribution in [0.1, 0.15) is 30.0 Å². The Balaban J connectivity index is 1.74. The van der Waals surface area contributed by atoms with E-state index in [4.69, 9.17) is 4.99 Å². The molecule has 0 saturated heterocycles. The molecule has 0 aliphatic heterocycles. The Hall–Kier alpha value is -3.65. The molecule has 0 N–H and O–H groups in total. The molecule has 0 atom stereocenters. The molecule has 1 heterocycles. The smallest absolute Gasteiger partial charge is 0.0781 e. The van der Waals surface area contributed by atoms with Gasteiger partial charge in [0.2, 0.25) is 0 Å². The average Bonchev–Trinajstić information content (AvgIpc) is 3.12. The fourth-order valence-corrected chi connectivity index (χ4v) is 4.30. The molecule has 0 amide bonds. The molecule has 0 aliphatic carbocycles. The molecule has 0 aliphatic rings. The second-order valence-electron chi connectivity index (χ2n) is 8.06. The fourth-order valence-electron chi connectivity index (χ4n) is 4.30. The summed E-state index contributed by atoms with van der Waals surface area (Å²) in [5.41, 5.74) is 8.07. The Morgan fingerprint density at radius 1 is 0.710 bits per heavy atom. The molecule has 1 aromatic heterocycles. The summed E-state index contributed by atoms with van der Waals surface area (Å²) in [5, 5.41) is 2.59. The minimum absolute atomic E-state index is 0.964. The van der Waals surface area contributed by atoms with Gasteiger partial charge in [-0.1, -0.05) is 79.2 Å². The van der Waals surface area contributed by atoms with E-state index in [1.165, 1.54) is 27.4 Å². The summed E-state index contributed by atoms with van der Waals surface area (Å²) >= 11 is 0. The largest absolute Gasteiger partial charge is 0.340 e. The van der Waals surface area contributed by atoms with Crippen molar-refractivity contribution in [1.82, 2.24) is 4.57 Å². The quantitative estimate of drug-likeness (QED) is 0.268. The Morgan fingerprint density at radius 3 is 2.16 bits per heavy atom. The standard InChI is InChI=1S/C29H26N2/c1-3-19-31-27-12-8-7-11-25(27)26-20-23(17-18-28(26)31)29(22-15-13-21(2)14-16-22)30-24-9-5-4-6-10-24/h4-18,20H,3,19H2,1-2H3. The molecular weight excluding hydrogens is 376 g/mol. The molecule has 0 fully saturated rings. The maximum absolute atomic E-state index is 5.07. The second kappa shape index (κ2) is 8.23. The number of hydrogen-bond donors (Lipinski definition) is 0. The van der Waals surface area contributed by atoms with E-state index in [0.29, 0.717) is 0 Å². The van der Waals surface area contributed by atoms with Crippen LogP contribution in [-0.2, 0) is 6.54 Å². The predicted molar refractivity (Wildman–Crippen MR) is 133 cm³/mol. The first-order valence-electron chi connectivity index (χ1n) is 11.0. The highest BCUT2D eigenvalue weighted by Gasteiger charge is 2.14. The van der Waals surface area contributed by atoms with E-state index in [2.05, 4.69) is 97.3 Å². The third-order valence-electron chi connectivity index (χ3n) is 5.82. The van der Waals surface area contributed by atoms with Crippen molar-refractivity contribution in [2.24, 2.45) is 4.99 Å². The number of aryl methyl sites for hydroxylation is 2. The summed E-state index contributed by atoms with van der Waals surface area (Å²) in [5.74, 6) is 0. The van der Waals surface area contributed by atoms with Gasteiger partial charge in [0, 0.05) is 39.5 Å². The molecule has 5 rings (SSSR count). The van der Waals surface area contributed by atoms with Crippen molar-refractivity contribution < 1.29 is 0 Å². The molecule has 2 nitrogen and oxygen atoms in total. The monoisotopic (exact) mass is 402 g/mol. The highest BCUT2D eigenvalue weighted by Crippen LogP contribution is 2.31. The van der Waals surface area contributed by atoms with Crippen molar-refractivity contribution in [1.29, 1.82) is 0 Å². The van der Waals surface area contributed by atoms with Crippen molar-refractivity contribution in [3.05, 3.63) is 114 Å². The van der Waals surface area contributed by atoms with Gasteiger partial charge in [0.15, 0.2) is 0 Å². The maximum atomic E-state index is 5.07. The minimum Gasteiger partial charge on any atom is -0.340 e. The van der Waals surface area contributed by atoms with Gasteiger partial charge < -0.3 is 4.57 Å². The van der Waals surface area contributed by atoms with E-state index >= 15 is 0 Å². The molecule has 0 radical (unpaired) electrons. The van der Waals surface area contributed by atoms with E-state index in [9.17, 15) is 0 Å². The lowest BCUT2D eigenvalue weighted by Crippen LogP contribution is -2.03. The number of hydrogen-bond acceptors (Lipinski definition) is 1. The normalized spacial score (nSPS) is 12.0. The van der Waals surface area contributed by atoms with Crippen LogP contribution >= 0.6 is 0 Å². The lowest BCUT2D eigenvalue weighted by Gasteiger charge is -2.10. The predicted octanol–water partition coefficient (Wildman–Crippen LogP) is 7.68. The van der Waals surface area contributed by atoms with Crippen LogP contribution in [0.5, 0.6) is 0 Å². The molecule has 31 heavy (non-hydrogen) atoms. The fraction of sp³-hybridized carbons (Fsp3) is 0.138. The van der Waals surface area contributed by atoms with Crippen LogP contribution in [0.4, 0.5) is 5.69 Å². The van der Waals surface area contributed by atoms with Gasteiger partial charge in [-0.3, -0.25) is 0 Å². The zero-order chi connectivity index (χ0) is 21.2. The van der Waals surface area contributed by atoms with Gasteiger partial charge in [-0.15, -0.1) is 0 Å². The van der Waals surface area contributed by atoms with Crippen LogP contribution in [-0.4, -0.2) is 10.3 Å². The molecule has 152 valence electrons. The van der Waals surface area contributed by atoms with Crippen LogP contribution in [0.25, 0.3) is 21.8 Å². The molecule has 0 bridgehead atoms. The van der Waals surface area contributed by atoms with Crippen LogP contribution in [0.2, 0.25) is 0 Å². The Morgan fingerprint density at radius 2 is 1.39 bits per heavy atom. The zero-order valence-corrected chi connectivity index (χ0v) is 18.0. The van der Waals surface area contributed by atoms with Gasteiger partial charge >= 0.3 is 0 Å². The summed E-state index contributed by atoms with van der Waals surface area (Å²) < 4.78 is 2.44. The molecule has 0 unspecified atom stereocenters. The molecule has 0 saturated carbocycles. The van der Waals surface area contributed by atoms with E-state index < -0.39 is 0 Å². The van der Waals surface area contributed by atoms with Gasteiger partial charge in [0.05, 0.1) is 11.4 Å². The molecule has 2 heteroatoms. The van der Waals surface area contributed by atoms with E-state index in [1.807, 2.05) is 18.2 Å². The molecule has 0 spiro atoms. The summed E-state index contributed by atoms with van der Waals surface area (Å²) in [4.78, 5) is 5.07. The van der Waals surface area contributed by atoms with Crippen molar-refractivity contribution in [2.45, 2.75) is 26.8 Å². The van der Waals surface area contributed by atoms with Crippen molar-refractivity contribution >= 4 is 33.2 Å². The second-order valence-corrected chi connectivity index (χ2v) is 8.06. The number of benzene rings is 4. The van der Waals surface area contributed by atoms with Crippen LogP contribution in [0, 0.1) is 6.92 Å². The number of aliphatic imine (C=N–C) groups is 1. The van der Waals surface area contributed by atoms with E-state index in [1.54, 1.807) is 0 Å². The topological polar surface area (TPSA) is 17.3 Å². The third-order valence-corrected chi connectivity index (χ3v) is 5.82. The van der Waals surface area contributed by atoms with Gasteiger partial charge in [-0.05, 0) is 43.7 Å². The van der Waals surface area contributed by atoms with Gasteiger partial charge in [0.1, 0.15) is 0 Å². The number of rotatable bonds is 5. The number of fused-ring (bicyclic) bond motifs is 3. The van der Waals surface area contributed by atoms with Crippen molar-refractivity contribution in [3.63, 3.8) is 0 Å². The van der Waals surface area contributed by atoms with Gasteiger partial charge in [-0.25, -0.2) is 4.99 Å². The van der Waals surface area contributed by atoms with Crippen molar-refractivity contribution in [3.8, 4) is 0 Å². The molecular formula is C29H26N2. The summed E-state index contributed by atoms with van der Waals surface area (Å²) in [6.45, 7) is 5.37. The van der Waals surface area contributed by atoms with Crippen LogP contribution in [0.3, 0.4) is 0 Å². The zero-order valence-electron chi connectivity index (χ0n) is 18.0.